The molecule has 0 spiro atoms. The third-order valence-corrected chi connectivity index (χ3v) is 4.67. The second kappa shape index (κ2) is 6.73. The SMILES string of the molecule is CNC(C)CC(C)SC1CCCCC1. The van der Waals surface area contributed by atoms with Crippen molar-refractivity contribution in [3.05, 3.63) is 0 Å². The molecule has 0 aliphatic heterocycles. The molecule has 0 radical (unpaired) electrons. The summed E-state index contributed by atoms with van der Waals surface area (Å²) in [6, 6.07) is 0.668. The minimum atomic E-state index is 0.668. The highest BCUT2D eigenvalue weighted by Crippen LogP contribution is 2.32. The molecule has 0 amide bonds. The Kier molecular flexibility index (Phi) is 5.95. The second-order valence-electron chi connectivity index (χ2n) is 4.63. The van der Waals surface area contributed by atoms with E-state index in [4.69, 9.17) is 0 Å². The fourth-order valence-corrected chi connectivity index (χ4v) is 3.86. The highest BCUT2D eigenvalue weighted by atomic mass is 32.2. The first-order valence-electron chi connectivity index (χ1n) is 6.05. The van der Waals surface area contributed by atoms with Crippen molar-refractivity contribution in [1.29, 1.82) is 0 Å². The largest absolute Gasteiger partial charge is 0.317 e. The van der Waals surface area contributed by atoms with Crippen molar-refractivity contribution in [2.45, 2.75) is 68.9 Å². The summed E-state index contributed by atoms with van der Waals surface area (Å²) in [4.78, 5) is 0. The van der Waals surface area contributed by atoms with E-state index in [9.17, 15) is 0 Å². The minimum Gasteiger partial charge on any atom is -0.317 e. The summed E-state index contributed by atoms with van der Waals surface area (Å²) < 4.78 is 0. The molecule has 0 aromatic rings. The molecule has 1 aliphatic carbocycles. The van der Waals surface area contributed by atoms with E-state index in [1.807, 2.05) is 0 Å². The van der Waals surface area contributed by atoms with Crippen molar-refractivity contribution in [3.63, 3.8) is 0 Å². The van der Waals surface area contributed by atoms with Crippen LogP contribution in [0.4, 0.5) is 0 Å². The number of hydrogen-bond donors (Lipinski definition) is 1. The third kappa shape index (κ3) is 4.70. The van der Waals surface area contributed by atoms with Gasteiger partial charge in [-0.15, -0.1) is 0 Å². The summed E-state index contributed by atoms with van der Waals surface area (Å²) >= 11 is 2.22. The van der Waals surface area contributed by atoms with Crippen LogP contribution in [-0.2, 0) is 0 Å². The average Bonchev–Trinajstić information content (AvgIpc) is 2.19. The van der Waals surface area contributed by atoms with E-state index in [0.29, 0.717) is 6.04 Å². The van der Waals surface area contributed by atoms with E-state index < -0.39 is 0 Å². The monoisotopic (exact) mass is 215 g/mol. The van der Waals surface area contributed by atoms with Crippen LogP contribution < -0.4 is 5.32 Å². The predicted octanol–water partition coefficient (Wildman–Crippen LogP) is 3.44. The van der Waals surface area contributed by atoms with Gasteiger partial charge in [-0.1, -0.05) is 26.2 Å². The molecule has 1 saturated carbocycles. The standard InChI is InChI=1S/C12H25NS/c1-10(13-3)9-11(2)14-12-7-5-4-6-8-12/h10-13H,4-9H2,1-3H3. The Morgan fingerprint density at radius 1 is 1.21 bits per heavy atom. The molecule has 0 saturated heterocycles. The lowest BCUT2D eigenvalue weighted by Gasteiger charge is -2.25. The molecule has 2 heteroatoms. The first-order chi connectivity index (χ1) is 6.72. The summed E-state index contributed by atoms with van der Waals surface area (Å²) in [6.07, 6.45) is 8.62. The smallest absolute Gasteiger partial charge is 0.00497 e. The van der Waals surface area contributed by atoms with Crippen molar-refractivity contribution in [3.8, 4) is 0 Å². The summed E-state index contributed by atoms with van der Waals surface area (Å²) in [6.45, 7) is 4.66. The van der Waals surface area contributed by atoms with E-state index in [-0.39, 0.29) is 0 Å². The molecule has 1 rings (SSSR count). The van der Waals surface area contributed by atoms with Gasteiger partial charge < -0.3 is 5.32 Å². The van der Waals surface area contributed by atoms with Gasteiger partial charge in [-0.3, -0.25) is 0 Å². The molecule has 0 heterocycles. The molecular formula is C12H25NS. The van der Waals surface area contributed by atoms with Crippen LogP contribution >= 0.6 is 11.8 Å². The number of nitrogens with one attached hydrogen (secondary N) is 1. The molecule has 0 bridgehead atoms. The van der Waals surface area contributed by atoms with Crippen LogP contribution in [0.15, 0.2) is 0 Å². The quantitative estimate of drug-likeness (QED) is 0.754. The lowest BCUT2D eigenvalue weighted by molar-refractivity contribution is 0.511. The van der Waals surface area contributed by atoms with Crippen molar-refractivity contribution < 1.29 is 0 Å². The third-order valence-electron chi connectivity index (χ3n) is 3.16. The van der Waals surface area contributed by atoms with Crippen molar-refractivity contribution in [2.24, 2.45) is 0 Å². The van der Waals surface area contributed by atoms with Gasteiger partial charge in [-0.05, 0) is 33.2 Å². The topological polar surface area (TPSA) is 12.0 Å². The van der Waals surface area contributed by atoms with Crippen molar-refractivity contribution in [1.82, 2.24) is 5.32 Å². The molecule has 1 N–H and O–H groups in total. The normalized spacial score (nSPS) is 23.4. The summed E-state index contributed by atoms with van der Waals surface area (Å²) in [5.74, 6) is 0. The van der Waals surface area contributed by atoms with Crippen LogP contribution in [0.2, 0.25) is 0 Å². The zero-order chi connectivity index (χ0) is 10.4. The summed E-state index contributed by atoms with van der Waals surface area (Å²) in [5, 5.41) is 5.10. The van der Waals surface area contributed by atoms with E-state index >= 15 is 0 Å². The van der Waals surface area contributed by atoms with Gasteiger partial charge in [0.15, 0.2) is 0 Å². The lowest BCUT2D eigenvalue weighted by Crippen LogP contribution is -2.25. The Bertz CT molecular complexity index is 143. The van der Waals surface area contributed by atoms with Gasteiger partial charge in [0.1, 0.15) is 0 Å². The van der Waals surface area contributed by atoms with E-state index in [2.05, 4.69) is 38.0 Å². The fourth-order valence-electron chi connectivity index (χ4n) is 2.20. The lowest BCUT2D eigenvalue weighted by atomic mass is 10.0. The van der Waals surface area contributed by atoms with Crippen molar-refractivity contribution in [2.75, 3.05) is 7.05 Å². The van der Waals surface area contributed by atoms with Gasteiger partial charge in [0.05, 0.1) is 0 Å². The number of thioether (sulfide) groups is 1. The highest BCUT2D eigenvalue weighted by Gasteiger charge is 2.17. The van der Waals surface area contributed by atoms with E-state index in [0.717, 1.165) is 10.5 Å². The summed E-state index contributed by atoms with van der Waals surface area (Å²) in [5.41, 5.74) is 0. The van der Waals surface area contributed by atoms with Gasteiger partial charge in [0.2, 0.25) is 0 Å². The van der Waals surface area contributed by atoms with Gasteiger partial charge in [-0.25, -0.2) is 0 Å². The molecule has 0 aromatic carbocycles. The Morgan fingerprint density at radius 3 is 2.43 bits per heavy atom. The van der Waals surface area contributed by atoms with Crippen LogP contribution in [0.5, 0.6) is 0 Å². The van der Waals surface area contributed by atoms with Gasteiger partial charge in [0, 0.05) is 16.5 Å². The first-order valence-corrected chi connectivity index (χ1v) is 6.99. The molecular weight excluding hydrogens is 190 g/mol. The molecule has 2 atom stereocenters. The number of rotatable bonds is 5. The molecule has 0 aromatic heterocycles. The molecule has 84 valence electrons. The molecule has 1 fully saturated rings. The van der Waals surface area contributed by atoms with Gasteiger partial charge in [0.25, 0.3) is 0 Å². The zero-order valence-corrected chi connectivity index (χ0v) is 10.7. The number of hydrogen-bond acceptors (Lipinski definition) is 2. The Balaban J connectivity index is 2.14. The Hall–Kier alpha value is 0.310. The Morgan fingerprint density at radius 2 is 1.86 bits per heavy atom. The maximum Gasteiger partial charge on any atom is 0.00497 e. The Labute approximate surface area is 93.4 Å². The van der Waals surface area contributed by atoms with E-state index in [1.54, 1.807) is 0 Å². The van der Waals surface area contributed by atoms with Gasteiger partial charge >= 0.3 is 0 Å². The second-order valence-corrected chi connectivity index (χ2v) is 6.38. The van der Waals surface area contributed by atoms with Gasteiger partial charge in [-0.2, -0.15) is 11.8 Å². The van der Waals surface area contributed by atoms with E-state index in [1.165, 1.54) is 38.5 Å². The first kappa shape index (κ1) is 12.4. The molecule has 14 heavy (non-hydrogen) atoms. The average molecular weight is 215 g/mol. The molecule has 1 aliphatic rings. The van der Waals surface area contributed by atoms with Crippen molar-refractivity contribution >= 4 is 11.8 Å². The summed E-state index contributed by atoms with van der Waals surface area (Å²) in [7, 11) is 2.06. The molecule has 2 unspecified atom stereocenters. The fraction of sp³-hybridized carbons (Fsp3) is 1.00. The maximum absolute atomic E-state index is 3.32. The van der Waals surface area contributed by atoms with Crippen LogP contribution in [-0.4, -0.2) is 23.6 Å². The van der Waals surface area contributed by atoms with Crippen LogP contribution in [0.1, 0.15) is 52.4 Å². The minimum absolute atomic E-state index is 0.668. The van der Waals surface area contributed by atoms with Crippen LogP contribution in [0, 0.1) is 0 Å². The maximum atomic E-state index is 3.32. The van der Waals surface area contributed by atoms with Crippen LogP contribution in [0.25, 0.3) is 0 Å². The highest BCUT2D eigenvalue weighted by molar-refractivity contribution is 8.00. The molecule has 1 nitrogen and oxygen atoms in total. The van der Waals surface area contributed by atoms with Crippen LogP contribution in [0.3, 0.4) is 0 Å². The predicted molar refractivity (Wildman–Crippen MR) is 67.1 cm³/mol. The zero-order valence-electron chi connectivity index (χ0n) is 9.88.